The van der Waals surface area contributed by atoms with Gasteiger partial charge in [-0.1, -0.05) is 11.6 Å². The van der Waals surface area contributed by atoms with Crippen LogP contribution in [0.5, 0.6) is 0 Å². The van der Waals surface area contributed by atoms with Crippen LogP contribution in [0.25, 0.3) is 21.8 Å². The standard InChI is InChI=1S/C21H22N4/c1-13-9-14(2)20-18(10-13)17(15(3)25-20)6-8-23-19-12-22-11-16-5-4-7-24-21(16)19/h4-5,7,9-12,23,25H,6,8H2,1-3H3. The van der Waals surface area contributed by atoms with Gasteiger partial charge < -0.3 is 10.3 Å². The van der Waals surface area contributed by atoms with Gasteiger partial charge in [-0.15, -0.1) is 0 Å². The van der Waals surface area contributed by atoms with Gasteiger partial charge in [-0.25, -0.2) is 0 Å². The SMILES string of the molecule is Cc1cc(C)c2[nH]c(C)c(CCNc3cncc4cccnc34)c2c1. The Kier molecular flexibility index (Phi) is 3.88. The number of benzene rings is 1. The first kappa shape index (κ1) is 15.6. The van der Waals surface area contributed by atoms with E-state index < -0.39 is 0 Å². The van der Waals surface area contributed by atoms with Gasteiger partial charge in [0.1, 0.15) is 0 Å². The molecule has 0 spiro atoms. The van der Waals surface area contributed by atoms with Crippen molar-refractivity contribution in [1.82, 2.24) is 15.0 Å². The van der Waals surface area contributed by atoms with Crippen LogP contribution in [0.15, 0.2) is 42.9 Å². The van der Waals surface area contributed by atoms with Crippen molar-refractivity contribution in [3.05, 3.63) is 65.2 Å². The van der Waals surface area contributed by atoms with Crippen LogP contribution in [0.4, 0.5) is 5.69 Å². The number of hydrogen-bond acceptors (Lipinski definition) is 3. The second-order valence-electron chi connectivity index (χ2n) is 6.67. The molecular weight excluding hydrogens is 308 g/mol. The van der Waals surface area contributed by atoms with Gasteiger partial charge in [-0.2, -0.15) is 0 Å². The van der Waals surface area contributed by atoms with Crippen LogP contribution >= 0.6 is 0 Å². The Morgan fingerprint density at radius 2 is 2.00 bits per heavy atom. The number of hydrogen-bond donors (Lipinski definition) is 2. The molecule has 3 aromatic heterocycles. The number of aryl methyl sites for hydroxylation is 3. The highest BCUT2D eigenvalue weighted by Crippen LogP contribution is 2.27. The number of anilines is 1. The number of pyridine rings is 2. The molecule has 4 aromatic rings. The second-order valence-corrected chi connectivity index (χ2v) is 6.67. The summed E-state index contributed by atoms with van der Waals surface area (Å²) in [7, 11) is 0. The first-order chi connectivity index (χ1) is 12.1. The molecule has 1 aromatic carbocycles. The molecule has 3 heterocycles. The van der Waals surface area contributed by atoms with Crippen LogP contribution in [0.2, 0.25) is 0 Å². The molecule has 0 aliphatic carbocycles. The van der Waals surface area contributed by atoms with Crippen molar-refractivity contribution < 1.29 is 0 Å². The third-order valence-corrected chi connectivity index (χ3v) is 4.77. The van der Waals surface area contributed by atoms with Crippen LogP contribution in [0.1, 0.15) is 22.4 Å². The minimum Gasteiger partial charge on any atom is -0.382 e. The maximum absolute atomic E-state index is 4.48. The molecule has 0 aliphatic heterocycles. The quantitative estimate of drug-likeness (QED) is 0.571. The number of aromatic amines is 1. The van der Waals surface area contributed by atoms with Crippen molar-refractivity contribution in [2.45, 2.75) is 27.2 Å². The van der Waals surface area contributed by atoms with E-state index in [9.17, 15) is 0 Å². The highest BCUT2D eigenvalue weighted by atomic mass is 14.9. The molecule has 0 amide bonds. The molecule has 4 heteroatoms. The maximum atomic E-state index is 4.48. The lowest BCUT2D eigenvalue weighted by Crippen LogP contribution is -2.06. The van der Waals surface area contributed by atoms with Gasteiger partial charge in [0.05, 0.1) is 17.4 Å². The lowest BCUT2D eigenvalue weighted by molar-refractivity contribution is 1.01. The molecule has 4 nitrogen and oxygen atoms in total. The zero-order chi connectivity index (χ0) is 17.4. The number of nitrogens with one attached hydrogen (secondary N) is 2. The number of H-pyrrole nitrogens is 1. The first-order valence-corrected chi connectivity index (χ1v) is 8.64. The molecule has 0 atom stereocenters. The normalized spacial score (nSPS) is 11.3. The smallest absolute Gasteiger partial charge is 0.0964 e. The Balaban J connectivity index is 1.60. The Hall–Kier alpha value is -2.88. The summed E-state index contributed by atoms with van der Waals surface area (Å²) < 4.78 is 0. The van der Waals surface area contributed by atoms with Crippen molar-refractivity contribution in [2.75, 3.05) is 11.9 Å². The molecule has 0 aliphatic rings. The summed E-state index contributed by atoms with van der Waals surface area (Å²) in [5, 5.41) is 5.90. The molecule has 126 valence electrons. The summed E-state index contributed by atoms with van der Waals surface area (Å²) >= 11 is 0. The summed E-state index contributed by atoms with van der Waals surface area (Å²) in [5.74, 6) is 0. The van der Waals surface area contributed by atoms with Crippen LogP contribution in [0, 0.1) is 20.8 Å². The number of aromatic nitrogens is 3. The molecule has 0 bridgehead atoms. The zero-order valence-corrected chi connectivity index (χ0v) is 14.9. The Labute approximate surface area is 147 Å². The summed E-state index contributed by atoms with van der Waals surface area (Å²) in [4.78, 5) is 12.3. The topological polar surface area (TPSA) is 53.6 Å². The van der Waals surface area contributed by atoms with E-state index in [1.165, 1.54) is 33.3 Å². The Morgan fingerprint density at radius 3 is 2.88 bits per heavy atom. The van der Waals surface area contributed by atoms with Gasteiger partial charge in [-0.3, -0.25) is 9.97 Å². The predicted molar refractivity (Wildman–Crippen MR) is 104 cm³/mol. The fraction of sp³-hybridized carbons (Fsp3) is 0.238. The first-order valence-electron chi connectivity index (χ1n) is 8.64. The van der Waals surface area contributed by atoms with Crippen molar-refractivity contribution in [3.63, 3.8) is 0 Å². The van der Waals surface area contributed by atoms with Gasteiger partial charge in [0.2, 0.25) is 0 Å². The molecular formula is C21H22N4. The monoisotopic (exact) mass is 330 g/mol. The highest BCUT2D eigenvalue weighted by Gasteiger charge is 2.11. The van der Waals surface area contributed by atoms with E-state index in [0.29, 0.717) is 0 Å². The van der Waals surface area contributed by atoms with Gasteiger partial charge in [0.15, 0.2) is 0 Å². The average Bonchev–Trinajstić information content (AvgIpc) is 2.91. The van der Waals surface area contributed by atoms with Gasteiger partial charge in [-0.05, 0) is 56.5 Å². The lowest BCUT2D eigenvalue weighted by Gasteiger charge is -2.09. The van der Waals surface area contributed by atoms with E-state index in [2.05, 4.69) is 53.2 Å². The third-order valence-electron chi connectivity index (χ3n) is 4.77. The van der Waals surface area contributed by atoms with E-state index in [1.807, 2.05) is 30.7 Å². The van der Waals surface area contributed by atoms with Crippen molar-refractivity contribution >= 4 is 27.5 Å². The largest absolute Gasteiger partial charge is 0.382 e. The van der Waals surface area contributed by atoms with Crippen molar-refractivity contribution in [2.24, 2.45) is 0 Å². The Bertz CT molecular complexity index is 1060. The minimum absolute atomic E-state index is 0.845. The van der Waals surface area contributed by atoms with Gasteiger partial charge >= 0.3 is 0 Å². The molecule has 0 unspecified atom stereocenters. The van der Waals surface area contributed by atoms with Gasteiger partial charge in [0.25, 0.3) is 0 Å². The number of nitrogens with zero attached hydrogens (tertiary/aromatic N) is 2. The molecule has 0 fully saturated rings. The van der Waals surface area contributed by atoms with E-state index in [1.54, 1.807) is 0 Å². The fourth-order valence-electron chi connectivity index (χ4n) is 3.61. The van der Waals surface area contributed by atoms with E-state index in [-0.39, 0.29) is 0 Å². The van der Waals surface area contributed by atoms with Gasteiger partial charge in [0, 0.05) is 40.9 Å². The fourth-order valence-corrected chi connectivity index (χ4v) is 3.61. The number of fused-ring (bicyclic) bond motifs is 2. The predicted octanol–water partition coefficient (Wildman–Crippen LogP) is 4.69. The van der Waals surface area contributed by atoms with E-state index >= 15 is 0 Å². The zero-order valence-electron chi connectivity index (χ0n) is 14.9. The van der Waals surface area contributed by atoms with Crippen molar-refractivity contribution in [1.29, 1.82) is 0 Å². The molecule has 4 rings (SSSR count). The molecule has 0 saturated carbocycles. The van der Waals surface area contributed by atoms with Crippen LogP contribution < -0.4 is 5.32 Å². The molecule has 0 saturated heterocycles. The van der Waals surface area contributed by atoms with Crippen LogP contribution in [0.3, 0.4) is 0 Å². The lowest BCUT2D eigenvalue weighted by atomic mass is 10.0. The van der Waals surface area contributed by atoms with Crippen LogP contribution in [-0.2, 0) is 6.42 Å². The van der Waals surface area contributed by atoms with Crippen molar-refractivity contribution in [3.8, 4) is 0 Å². The summed E-state index contributed by atoms with van der Waals surface area (Å²) in [6, 6.07) is 8.49. The minimum atomic E-state index is 0.845. The summed E-state index contributed by atoms with van der Waals surface area (Å²) in [5.41, 5.74) is 8.46. The molecule has 0 radical (unpaired) electrons. The molecule has 25 heavy (non-hydrogen) atoms. The second kappa shape index (κ2) is 6.20. The highest BCUT2D eigenvalue weighted by molar-refractivity contribution is 5.89. The third kappa shape index (κ3) is 2.84. The summed E-state index contributed by atoms with van der Waals surface area (Å²) in [6.45, 7) is 7.33. The average molecular weight is 330 g/mol. The maximum Gasteiger partial charge on any atom is 0.0964 e. The molecule has 2 N–H and O–H groups in total. The van der Waals surface area contributed by atoms with E-state index in [0.717, 1.165) is 29.6 Å². The van der Waals surface area contributed by atoms with E-state index in [4.69, 9.17) is 0 Å². The number of rotatable bonds is 4. The van der Waals surface area contributed by atoms with Crippen LogP contribution in [-0.4, -0.2) is 21.5 Å². The summed E-state index contributed by atoms with van der Waals surface area (Å²) in [6.07, 6.45) is 6.48. The Morgan fingerprint density at radius 1 is 1.12 bits per heavy atom.